The van der Waals surface area contributed by atoms with E-state index in [4.69, 9.17) is 9.47 Å². The number of amides is 2. The van der Waals surface area contributed by atoms with Crippen molar-refractivity contribution in [2.24, 2.45) is 11.8 Å². The number of carbonyl (C=O) groups is 3. The number of anilines is 1. The van der Waals surface area contributed by atoms with E-state index < -0.39 is 29.0 Å². The lowest BCUT2D eigenvalue weighted by atomic mass is 9.73. The number of para-hydroxylation sites is 1. The van der Waals surface area contributed by atoms with E-state index in [0.29, 0.717) is 0 Å². The summed E-state index contributed by atoms with van der Waals surface area (Å²) in [6, 6.07) is 6.48. The third-order valence-corrected chi connectivity index (χ3v) is 5.28. The molecule has 3 aliphatic rings. The highest BCUT2D eigenvalue weighted by Crippen LogP contribution is 2.57. The fourth-order valence-electron chi connectivity index (χ4n) is 4.22. The topological polar surface area (TPSA) is 72.9 Å². The van der Waals surface area contributed by atoms with Gasteiger partial charge in [-0.1, -0.05) is 24.3 Å². The highest BCUT2D eigenvalue weighted by molar-refractivity contribution is 6.25. The number of hydrogen-bond acceptors (Lipinski definition) is 5. The molecule has 4 atom stereocenters. The number of hydrogen-bond donors (Lipinski definition) is 0. The van der Waals surface area contributed by atoms with E-state index in [0.717, 1.165) is 4.90 Å². The molecule has 6 nitrogen and oxygen atoms in total. The van der Waals surface area contributed by atoms with Crippen molar-refractivity contribution in [1.29, 1.82) is 0 Å². The maximum absolute atomic E-state index is 13.0. The SMILES string of the molecule is COC(=O)c1ccccc1N1C(=O)[C@H]2[C@H](C1=O)[C@@]1(C)C=C[C@@]2(C)O1. The molecule has 4 rings (SSSR count). The largest absolute Gasteiger partial charge is 0.465 e. The quantitative estimate of drug-likeness (QED) is 0.470. The van der Waals surface area contributed by atoms with Gasteiger partial charge in [-0.25, -0.2) is 9.69 Å². The Morgan fingerprint density at radius 2 is 1.62 bits per heavy atom. The Bertz CT molecular complexity index is 779. The number of fused-ring (bicyclic) bond motifs is 5. The summed E-state index contributed by atoms with van der Waals surface area (Å²) in [5.41, 5.74) is -1.12. The molecule has 1 aromatic rings. The third-order valence-electron chi connectivity index (χ3n) is 5.28. The number of methoxy groups -OCH3 is 1. The number of rotatable bonds is 2. The summed E-state index contributed by atoms with van der Waals surface area (Å²) in [4.78, 5) is 39.2. The first-order valence-corrected chi connectivity index (χ1v) is 7.78. The fraction of sp³-hybridized carbons (Fsp3) is 0.389. The molecule has 3 aliphatic heterocycles. The van der Waals surface area contributed by atoms with Crippen LogP contribution in [-0.4, -0.2) is 36.1 Å². The fourth-order valence-corrected chi connectivity index (χ4v) is 4.22. The van der Waals surface area contributed by atoms with Gasteiger partial charge in [-0.3, -0.25) is 9.59 Å². The predicted octanol–water partition coefficient (Wildman–Crippen LogP) is 1.70. The lowest BCUT2D eigenvalue weighted by molar-refractivity contribution is -0.128. The minimum atomic E-state index is -0.791. The Hall–Kier alpha value is -2.47. The lowest BCUT2D eigenvalue weighted by Gasteiger charge is -2.26. The van der Waals surface area contributed by atoms with Crippen LogP contribution in [0.25, 0.3) is 0 Å². The van der Waals surface area contributed by atoms with Crippen molar-refractivity contribution < 1.29 is 23.9 Å². The lowest BCUT2D eigenvalue weighted by Crippen LogP contribution is -2.40. The zero-order valence-electron chi connectivity index (χ0n) is 13.6. The van der Waals surface area contributed by atoms with Gasteiger partial charge < -0.3 is 9.47 Å². The number of carbonyl (C=O) groups excluding carboxylic acids is 3. The zero-order chi connectivity index (χ0) is 17.3. The van der Waals surface area contributed by atoms with Crippen LogP contribution in [0.4, 0.5) is 5.69 Å². The molecule has 2 bridgehead atoms. The van der Waals surface area contributed by atoms with E-state index in [-0.39, 0.29) is 23.1 Å². The van der Waals surface area contributed by atoms with Crippen molar-refractivity contribution in [2.45, 2.75) is 25.0 Å². The first-order valence-electron chi connectivity index (χ1n) is 7.78. The summed E-state index contributed by atoms with van der Waals surface area (Å²) in [5.74, 6) is -2.41. The molecule has 2 fully saturated rings. The Labute approximate surface area is 139 Å². The van der Waals surface area contributed by atoms with E-state index in [1.165, 1.54) is 7.11 Å². The van der Waals surface area contributed by atoms with Gasteiger partial charge in [-0.2, -0.15) is 0 Å². The van der Waals surface area contributed by atoms with Crippen molar-refractivity contribution in [3.05, 3.63) is 42.0 Å². The highest BCUT2D eigenvalue weighted by Gasteiger charge is 2.70. The highest BCUT2D eigenvalue weighted by atomic mass is 16.5. The minimum absolute atomic E-state index is 0.193. The first-order chi connectivity index (χ1) is 11.3. The number of nitrogens with zero attached hydrogens (tertiary/aromatic N) is 1. The average Bonchev–Trinajstić information content (AvgIpc) is 3.11. The number of ether oxygens (including phenoxy) is 2. The molecule has 3 heterocycles. The van der Waals surface area contributed by atoms with Crippen LogP contribution in [0.3, 0.4) is 0 Å². The van der Waals surface area contributed by atoms with E-state index in [2.05, 4.69) is 0 Å². The van der Waals surface area contributed by atoms with E-state index in [1.54, 1.807) is 24.3 Å². The monoisotopic (exact) mass is 327 g/mol. The minimum Gasteiger partial charge on any atom is -0.465 e. The molecule has 2 amide bonds. The van der Waals surface area contributed by atoms with Gasteiger partial charge in [0.2, 0.25) is 11.8 Å². The summed E-state index contributed by atoms with van der Waals surface area (Å²) >= 11 is 0. The first kappa shape index (κ1) is 15.1. The van der Waals surface area contributed by atoms with Gasteiger partial charge in [0.05, 0.1) is 41.4 Å². The summed E-state index contributed by atoms with van der Waals surface area (Å²) in [6.45, 7) is 3.64. The van der Waals surface area contributed by atoms with Crippen LogP contribution in [0.1, 0.15) is 24.2 Å². The van der Waals surface area contributed by atoms with Crippen molar-refractivity contribution in [3.8, 4) is 0 Å². The molecule has 0 aromatic heterocycles. The molecular formula is C18H17NO5. The van der Waals surface area contributed by atoms with Crippen LogP contribution >= 0.6 is 0 Å². The second-order valence-corrected chi connectivity index (χ2v) is 6.78. The molecule has 0 saturated carbocycles. The normalized spacial score (nSPS) is 36.4. The van der Waals surface area contributed by atoms with Crippen molar-refractivity contribution in [3.63, 3.8) is 0 Å². The van der Waals surface area contributed by atoms with Crippen LogP contribution in [0.15, 0.2) is 36.4 Å². The molecule has 2 saturated heterocycles. The van der Waals surface area contributed by atoms with Gasteiger partial charge >= 0.3 is 5.97 Å². The van der Waals surface area contributed by atoms with Crippen LogP contribution in [0.5, 0.6) is 0 Å². The van der Waals surface area contributed by atoms with E-state index in [9.17, 15) is 14.4 Å². The third kappa shape index (κ3) is 1.66. The van der Waals surface area contributed by atoms with E-state index in [1.807, 2.05) is 26.0 Å². The smallest absolute Gasteiger partial charge is 0.339 e. The number of esters is 1. The van der Waals surface area contributed by atoms with Gasteiger partial charge in [0, 0.05) is 0 Å². The van der Waals surface area contributed by atoms with Crippen LogP contribution in [0, 0.1) is 11.8 Å². The standard InChI is InChI=1S/C18H17NO5/c1-17-8-9-18(2,24-17)13-12(17)14(20)19(15(13)21)11-7-5-4-6-10(11)16(22)23-3/h4-9,12-13H,1-3H3/t12-,13-,17-,18-/m1/s1. The van der Waals surface area contributed by atoms with Gasteiger partial charge in [0.1, 0.15) is 0 Å². The Kier molecular flexibility index (Phi) is 2.85. The Balaban J connectivity index is 1.83. The summed E-state index contributed by atoms with van der Waals surface area (Å²) in [5, 5.41) is 0. The second-order valence-electron chi connectivity index (χ2n) is 6.78. The number of imide groups is 1. The molecule has 124 valence electrons. The molecule has 0 aliphatic carbocycles. The molecular weight excluding hydrogens is 310 g/mol. The van der Waals surface area contributed by atoms with Gasteiger partial charge in [-0.15, -0.1) is 0 Å². The Morgan fingerprint density at radius 1 is 1.08 bits per heavy atom. The molecule has 24 heavy (non-hydrogen) atoms. The zero-order valence-corrected chi connectivity index (χ0v) is 13.6. The van der Waals surface area contributed by atoms with Crippen LogP contribution in [0.2, 0.25) is 0 Å². The maximum atomic E-state index is 13.0. The summed E-state index contributed by atoms with van der Waals surface area (Å²) in [7, 11) is 1.27. The molecule has 0 unspecified atom stereocenters. The van der Waals surface area contributed by atoms with Gasteiger partial charge in [-0.05, 0) is 26.0 Å². The molecule has 1 aromatic carbocycles. The Morgan fingerprint density at radius 3 is 2.17 bits per heavy atom. The van der Waals surface area contributed by atoms with Gasteiger partial charge in [0.15, 0.2) is 0 Å². The second kappa shape index (κ2) is 4.54. The summed E-state index contributed by atoms with van der Waals surface area (Å²) in [6.07, 6.45) is 3.71. The van der Waals surface area contributed by atoms with Crippen molar-refractivity contribution in [2.75, 3.05) is 12.0 Å². The van der Waals surface area contributed by atoms with Crippen molar-refractivity contribution >= 4 is 23.5 Å². The summed E-state index contributed by atoms with van der Waals surface area (Å²) < 4.78 is 10.7. The van der Waals surface area contributed by atoms with E-state index >= 15 is 0 Å². The molecule has 0 spiro atoms. The molecule has 0 N–H and O–H groups in total. The van der Waals surface area contributed by atoms with Crippen molar-refractivity contribution in [1.82, 2.24) is 0 Å². The average molecular weight is 327 g/mol. The molecule has 6 heteroatoms. The predicted molar refractivity (Wildman–Crippen MR) is 84.3 cm³/mol. The molecule has 0 radical (unpaired) electrons. The van der Waals surface area contributed by atoms with Crippen LogP contribution in [-0.2, 0) is 19.1 Å². The maximum Gasteiger partial charge on any atom is 0.339 e. The van der Waals surface area contributed by atoms with Crippen LogP contribution < -0.4 is 4.90 Å². The number of benzene rings is 1. The van der Waals surface area contributed by atoms with Gasteiger partial charge in [0.25, 0.3) is 0 Å².